The lowest BCUT2D eigenvalue weighted by Gasteiger charge is -2.26. The van der Waals surface area contributed by atoms with Crippen LogP contribution in [-0.2, 0) is 4.79 Å². The van der Waals surface area contributed by atoms with Gasteiger partial charge in [-0.2, -0.15) is 0 Å². The highest BCUT2D eigenvalue weighted by Crippen LogP contribution is 2.33. The summed E-state index contributed by atoms with van der Waals surface area (Å²) < 4.78 is 5.42. The second-order valence-electron chi connectivity index (χ2n) is 7.66. The number of para-hydroxylation sites is 1. The van der Waals surface area contributed by atoms with Crippen LogP contribution in [-0.4, -0.2) is 30.9 Å². The van der Waals surface area contributed by atoms with Gasteiger partial charge in [-0.1, -0.05) is 39.0 Å². The number of hydrogen-bond acceptors (Lipinski definition) is 4. The molecule has 2 aromatic rings. The van der Waals surface area contributed by atoms with E-state index in [1.54, 1.807) is 19.1 Å². The highest BCUT2D eigenvalue weighted by Gasteiger charge is 2.26. The zero-order chi connectivity index (χ0) is 20.4. The molecule has 1 heterocycles. The number of nitrogens with one attached hydrogen (secondary N) is 1. The number of nitrogens with zero attached hydrogens (tertiary/aromatic N) is 1. The molecule has 0 spiro atoms. The van der Waals surface area contributed by atoms with Gasteiger partial charge in [-0.3, -0.25) is 9.59 Å². The zero-order valence-corrected chi connectivity index (χ0v) is 17.9. The van der Waals surface area contributed by atoms with Crippen molar-refractivity contribution in [1.29, 1.82) is 0 Å². The molecule has 146 valence electrons. The third-order valence-electron chi connectivity index (χ3n) is 4.52. The number of amides is 2. The number of anilines is 1. The standard InChI is InChI=1S/C21H28N2O3S/c1-13-12-17(22-20(25)21(3,4)5)27-18(13)19(24)23(6)14(2)15-10-8-9-11-16(15)26-7/h8-12,14H,1-7H3,(H,22,25)/t14-/m0/s1. The first kappa shape index (κ1) is 21.0. The van der Waals surface area contributed by atoms with Crippen molar-refractivity contribution in [2.75, 3.05) is 19.5 Å². The summed E-state index contributed by atoms with van der Waals surface area (Å²) in [5.74, 6) is 0.608. The lowest BCUT2D eigenvalue weighted by molar-refractivity contribution is -0.123. The minimum absolute atomic E-state index is 0.0708. The van der Waals surface area contributed by atoms with Crippen molar-refractivity contribution in [3.05, 3.63) is 46.3 Å². The Bertz CT molecular complexity index is 836. The Morgan fingerprint density at radius 3 is 2.44 bits per heavy atom. The summed E-state index contributed by atoms with van der Waals surface area (Å²) in [6.45, 7) is 9.44. The van der Waals surface area contributed by atoms with Crippen molar-refractivity contribution >= 4 is 28.2 Å². The van der Waals surface area contributed by atoms with E-state index in [0.29, 0.717) is 9.88 Å². The Labute approximate surface area is 165 Å². The minimum Gasteiger partial charge on any atom is -0.496 e. The molecule has 0 bridgehead atoms. The van der Waals surface area contributed by atoms with E-state index < -0.39 is 5.41 Å². The number of aryl methyl sites for hydroxylation is 1. The minimum atomic E-state index is -0.489. The van der Waals surface area contributed by atoms with Gasteiger partial charge in [-0.05, 0) is 31.5 Å². The first-order chi connectivity index (χ1) is 12.6. The van der Waals surface area contributed by atoms with Gasteiger partial charge in [0.15, 0.2) is 0 Å². The lowest BCUT2D eigenvalue weighted by Crippen LogP contribution is -2.29. The van der Waals surface area contributed by atoms with Crippen LogP contribution in [0.4, 0.5) is 5.00 Å². The number of carbonyl (C=O) groups is 2. The fraction of sp³-hybridized carbons (Fsp3) is 0.429. The number of ether oxygens (including phenoxy) is 1. The monoisotopic (exact) mass is 388 g/mol. The summed E-state index contributed by atoms with van der Waals surface area (Å²) in [6, 6.07) is 9.39. The van der Waals surface area contributed by atoms with Crippen LogP contribution in [0, 0.1) is 12.3 Å². The van der Waals surface area contributed by atoms with E-state index in [4.69, 9.17) is 4.74 Å². The van der Waals surface area contributed by atoms with Gasteiger partial charge in [0.05, 0.1) is 23.0 Å². The summed E-state index contributed by atoms with van der Waals surface area (Å²) in [6.07, 6.45) is 0. The third kappa shape index (κ3) is 4.69. The molecule has 1 aromatic carbocycles. The van der Waals surface area contributed by atoms with E-state index in [0.717, 1.165) is 16.9 Å². The van der Waals surface area contributed by atoms with E-state index in [2.05, 4.69) is 5.32 Å². The molecule has 2 amide bonds. The largest absolute Gasteiger partial charge is 0.496 e. The first-order valence-electron chi connectivity index (χ1n) is 8.88. The normalized spacial score (nSPS) is 12.4. The third-order valence-corrected chi connectivity index (χ3v) is 5.66. The van der Waals surface area contributed by atoms with Gasteiger partial charge in [0.2, 0.25) is 5.91 Å². The van der Waals surface area contributed by atoms with Gasteiger partial charge in [0.1, 0.15) is 5.75 Å². The molecule has 0 radical (unpaired) electrons. The molecular weight excluding hydrogens is 360 g/mol. The smallest absolute Gasteiger partial charge is 0.264 e. The van der Waals surface area contributed by atoms with Crippen LogP contribution in [0.25, 0.3) is 0 Å². The van der Waals surface area contributed by atoms with E-state index in [1.807, 2.05) is 65.0 Å². The average Bonchev–Trinajstić information content (AvgIpc) is 2.99. The summed E-state index contributed by atoms with van der Waals surface area (Å²) in [5.41, 5.74) is 1.32. The lowest BCUT2D eigenvalue weighted by atomic mass is 9.96. The van der Waals surface area contributed by atoms with Crippen molar-refractivity contribution in [2.45, 2.75) is 40.7 Å². The van der Waals surface area contributed by atoms with Crippen molar-refractivity contribution in [2.24, 2.45) is 5.41 Å². The molecule has 0 aliphatic heterocycles. The van der Waals surface area contributed by atoms with Crippen LogP contribution in [0.1, 0.15) is 54.5 Å². The molecule has 1 N–H and O–H groups in total. The van der Waals surface area contributed by atoms with Gasteiger partial charge in [0, 0.05) is 18.0 Å². The van der Waals surface area contributed by atoms with Gasteiger partial charge in [-0.25, -0.2) is 0 Å². The van der Waals surface area contributed by atoms with E-state index >= 15 is 0 Å². The highest BCUT2D eigenvalue weighted by atomic mass is 32.1. The van der Waals surface area contributed by atoms with Crippen LogP contribution in [0.5, 0.6) is 5.75 Å². The number of carbonyl (C=O) groups excluding carboxylic acids is 2. The van der Waals surface area contributed by atoms with E-state index in [1.165, 1.54) is 11.3 Å². The van der Waals surface area contributed by atoms with E-state index in [9.17, 15) is 9.59 Å². The quantitative estimate of drug-likeness (QED) is 0.794. The fourth-order valence-electron chi connectivity index (χ4n) is 2.61. The molecule has 0 aliphatic rings. The van der Waals surface area contributed by atoms with Gasteiger partial charge in [-0.15, -0.1) is 11.3 Å². The zero-order valence-electron chi connectivity index (χ0n) is 17.0. The average molecular weight is 389 g/mol. The number of methoxy groups -OCH3 is 1. The van der Waals surface area contributed by atoms with Crippen molar-refractivity contribution in [3.8, 4) is 5.75 Å². The van der Waals surface area contributed by atoms with Gasteiger partial charge >= 0.3 is 0 Å². The molecule has 6 heteroatoms. The predicted octanol–water partition coefficient (Wildman–Crippen LogP) is 4.88. The Morgan fingerprint density at radius 1 is 1.22 bits per heavy atom. The predicted molar refractivity (Wildman–Crippen MR) is 111 cm³/mol. The maximum atomic E-state index is 13.1. The first-order valence-corrected chi connectivity index (χ1v) is 9.70. The van der Waals surface area contributed by atoms with Gasteiger partial charge in [0.25, 0.3) is 5.91 Å². The maximum Gasteiger partial charge on any atom is 0.264 e. The molecular formula is C21H28N2O3S. The molecule has 1 aromatic heterocycles. The van der Waals surface area contributed by atoms with Crippen molar-refractivity contribution < 1.29 is 14.3 Å². The number of benzene rings is 1. The molecule has 0 saturated carbocycles. The second-order valence-corrected chi connectivity index (χ2v) is 8.71. The molecule has 0 unspecified atom stereocenters. The Morgan fingerprint density at radius 2 is 1.85 bits per heavy atom. The number of rotatable bonds is 5. The van der Waals surface area contributed by atoms with Crippen LogP contribution >= 0.6 is 11.3 Å². The molecule has 27 heavy (non-hydrogen) atoms. The molecule has 5 nitrogen and oxygen atoms in total. The van der Waals surface area contributed by atoms with Gasteiger partial charge < -0.3 is 15.0 Å². The SMILES string of the molecule is COc1ccccc1[C@H](C)N(C)C(=O)c1sc(NC(=O)C(C)(C)C)cc1C. The Balaban J connectivity index is 2.23. The number of hydrogen-bond donors (Lipinski definition) is 1. The molecule has 2 rings (SSSR count). The maximum absolute atomic E-state index is 13.1. The fourth-order valence-corrected chi connectivity index (χ4v) is 3.66. The summed E-state index contributed by atoms with van der Waals surface area (Å²) in [5, 5.41) is 3.59. The topological polar surface area (TPSA) is 58.6 Å². The van der Waals surface area contributed by atoms with Crippen molar-refractivity contribution in [1.82, 2.24) is 4.90 Å². The number of thiophene rings is 1. The molecule has 0 saturated heterocycles. The van der Waals surface area contributed by atoms with Crippen molar-refractivity contribution in [3.63, 3.8) is 0 Å². The highest BCUT2D eigenvalue weighted by molar-refractivity contribution is 7.18. The van der Waals surface area contributed by atoms with Crippen LogP contribution in [0.3, 0.4) is 0 Å². The van der Waals surface area contributed by atoms with E-state index in [-0.39, 0.29) is 17.9 Å². The second kappa shape index (κ2) is 8.13. The summed E-state index contributed by atoms with van der Waals surface area (Å²) >= 11 is 1.31. The molecule has 0 fully saturated rings. The Hall–Kier alpha value is -2.34. The molecule has 1 atom stereocenters. The van der Waals surface area contributed by atoms with Crippen LogP contribution in [0.15, 0.2) is 30.3 Å². The Kier molecular flexibility index (Phi) is 6.31. The summed E-state index contributed by atoms with van der Waals surface area (Å²) in [4.78, 5) is 27.6. The van der Waals surface area contributed by atoms with Crippen LogP contribution < -0.4 is 10.1 Å². The van der Waals surface area contributed by atoms with Crippen LogP contribution in [0.2, 0.25) is 0 Å². The molecule has 0 aliphatic carbocycles. The summed E-state index contributed by atoms with van der Waals surface area (Å²) in [7, 11) is 3.41.